The topological polar surface area (TPSA) is 49.3 Å². The molecule has 0 fully saturated rings. The highest BCUT2D eigenvalue weighted by Gasteiger charge is 2.21. The Kier molecular flexibility index (Phi) is 5.10. The molecule has 6 heteroatoms. The molecule has 18 heavy (non-hydrogen) atoms. The Morgan fingerprint density at radius 3 is 2.72 bits per heavy atom. The molecule has 1 atom stereocenters. The van der Waals surface area contributed by atoms with Crippen LogP contribution in [0, 0.1) is 11.6 Å². The molecule has 0 aliphatic heterocycles. The number of hydrogen-bond acceptors (Lipinski definition) is 3. The first kappa shape index (κ1) is 14.9. The molecule has 0 spiro atoms. The summed E-state index contributed by atoms with van der Waals surface area (Å²) in [4.78, 5) is 11.6. The van der Waals surface area contributed by atoms with Crippen LogP contribution in [0.3, 0.4) is 0 Å². The number of benzene rings is 1. The molecule has 0 saturated heterocycles. The van der Waals surface area contributed by atoms with Gasteiger partial charge in [-0.25, -0.2) is 8.78 Å². The van der Waals surface area contributed by atoms with E-state index in [2.05, 4.69) is 5.32 Å². The molecule has 0 radical (unpaired) electrons. The molecule has 1 rings (SSSR count). The lowest BCUT2D eigenvalue weighted by molar-refractivity contribution is 0.0722. The molecule has 100 valence electrons. The second kappa shape index (κ2) is 6.15. The van der Waals surface area contributed by atoms with Gasteiger partial charge >= 0.3 is 0 Å². The molecule has 1 aromatic carbocycles. The Bertz CT molecular complexity index is 438. The highest BCUT2D eigenvalue weighted by atomic mass is 32.2. The summed E-state index contributed by atoms with van der Waals surface area (Å²) in [5.41, 5.74) is -1.30. The zero-order valence-corrected chi connectivity index (χ0v) is 11.0. The van der Waals surface area contributed by atoms with Gasteiger partial charge in [-0.05, 0) is 25.3 Å². The van der Waals surface area contributed by atoms with Crippen molar-refractivity contribution in [1.29, 1.82) is 0 Å². The standard InChI is InChI=1S/C12H15F2NO2S/c1-12(17,7-18-2)6-15-11(16)9-4-3-8(13)5-10(9)14/h3-5,17H,6-7H2,1-2H3,(H,15,16). The van der Waals surface area contributed by atoms with E-state index in [0.29, 0.717) is 11.8 Å². The molecule has 0 aliphatic rings. The van der Waals surface area contributed by atoms with Crippen LogP contribution in [0.15, 0.2) is 18.2 Å². The van der Waals surface area contributed by atoms with Crippen molar-refractivity contribution in [2.24, 2.45) is 0 Å². The van der Waals surface area contributed by atoms with Gasteiger partial charge in [-0.1, -0.05) is 0 Å². The van der Waals surface area contributed by atoms with Gasteiger partial charge in [0.2, 0.25) is 0 Å². The molecule has 0 heterocycles. The first-order valence-electron chi connectivity index (χ1n) is 5.30. The maximum atomic E-state index is 13.3. The fourth-order valence-corrected chi connectivity index (χ4v) is 2.13. The molecule has 3 nitrogen and oxygen atoms in total. The second-order valence-electron chi connectivity index (χ2n) is 4.24. The third-order valence-corrected chi connectivity index (χ3v) is 3.17. The van der Waals surface area contributed by atoms with Crippen molar-refractivity contribution in [2.75, 3.05) is 18.6 Å². The van der Waals surface area contributed by atoms with E-state index in [-0.39, 0.29) is 12.1 Å². The van der Waals surface area contributed by atoms with Gasteiger partial charge in [-0.15, -0.1) is 0 Å². The van der Waals surface area contributed by atoms with Gasteiger partial charge in [0.15, 0.2) is 0 Å². The molecular weight excluding hydrogens is 260 g/mol. The quantitative estimate of drug-likeness (QED) is 0.861. The van der Waals surface area contributed by atoms with Crippen molar-refractivity contribution in [1.82, 2.24) is 5.32 Å². The molecule has 0 bridgehead atoms. The summed E-state index contributed by atoms with van der Waals surface area (Å²) in [5.74, 6) is -1.89. The average Bonchev–Trinajstić information content (AvgIpc) is 2.26. The Labute approximate surface area is 109 Å². The van der Waals surface area contributed by atoms with Crippen LogP contribution in [0.2, 0.25) is 0 Å². The van der Waals surface area contributed by atoms with Gasteiger partial charge in [0, 0.05) is 18.4 Å². The minimum Gasteiger partial charge on any atom is -0.387 e. The van der Waals surface area contributed by atoms with Gasteiger partial charge < -0.3 is 10.4 Å². The van der Waals surface area contributed by atoms with Crippen LogP contribution in [0.4, 0.5) is 8.78 Å². The van der Waals surface area contributed by atoms with E-state index in [1.165, 1.54) is 11.8 Å². The van der Waals surface area contributed by atoms with Crippen LogP contribution in [0.5, 0.6) is 0 Å². The fourth-order valence-electron chi connectivity index (χ4n) is 1.40. The van der Waals surface area contributed by atoms with E-state index < -0.39 is 23.1 Å². The Morgan fingerprint density at radius 2 is 2.17 bits per heavy atom. The monoisotopic (exact) mass is 275 g/mol. The van der Waals surface area contributed by atoms with Crippen LogP contribution in [-0.2, 0) is 0 Å². The van der Waals surface area contributed by atoms with Gasteiger partial charge in [0.05, 0.1) is 11.2 Å². The van der Waals surface area contributed by atoms with E-state index in [1.54, 1.807) is 6.92 Å². The zero-order valence-electron chi connectivity index (χ0n) is 10.2. The summed E-state index contributed by atoms with van der Waals surface area (Å²) in [6, 6.07) is 2.73. The molecule has 1 unspecified atom stereocenters. The van der Waals surface area contributed by atoms with Crippen molar-refractivity contribution >= 4 is 17.7 Å². The summed E-state index contributed by atoms with van der Waals surface area (Å²) in [7, 11) is 0. The van der Waals surface area contributed by atoms with Crippen LogP contribution >= 0.6 is 11.8 Å². The van der Waals surface area contributed by atoms with Crippen molar-refractivity contribution in [3.05, 3.63) is 35.4 Å². The molecule has 1 amide bonds. The highest BCUT2D eigenvalue weighted by Crippen LogP contribution is 2.11. The van der Waals surface area contributed by atoms with Crippen LogP contribution in [0.1, 0.15) is 17.3 Å². The van der Waals surface area contributed by atoms with Crippen molar-refractivity contribution in [3.63, 3.8) is 0 Å². The van der Waals surface area contributed by atoms with Crippen LogP contribution in [0.25, 0.3) is 0 Å². The predicted octanol–water partition coefficient (Wildman–Crippen LogP) is 1.81. The molecule has 1 aromatic rings. The highest BCUT2D eigenvalue weighted by molar-refractivity contribution is 7.98. The Hall–Kier alpha value is -1.14. The second-order valence-corrected chi connectivity index (χ2v) is 5.10. The summed E-state index contributed by atoms with van der Waals surface area (Å²) >= 11 is 1.44. The van der Waals surface area contributed by atoms with Crippen molar-refractivity contribution in [3.8, 4) is 0 Å². The SMILES string of the molecule is CSCC(C)(O)CNC(=O)c1ccc(F)cc1F. The Balaban J connectivity index is 2.66. The lowest BCUT2D eigenvalue weighted by atomic mass is 10.1. The Morgan fingerprint density at radius 1 is 1.50 bits per heavy atom. The van der Waals surface area contributed by atoms with E-state index in [9.17, 15) is 18.7 Å². The number of carbonyl (C=O) groups is 1. The van der Waals surface area contributed by atoms with E-state index >= 15 is 0 Å². The maximum Gasteiger partial charge on any atom is 0.254 e. The number of carbonyl (C=O) groups excluding carboxylic acids is 1. The molecule has 0 aliphatic carbocycles. The third kappa shape index (κ3) is 4.27. The maximum absolute atomic E-state index is 13.3. The number of rotatable bonds is 5. The number of hydrogen-bond donors (Lipinski definition) is 2. The number of aliphatic hydroxyl groups is 1. The third-order valence-electron chi connectivity index (χ3n) is 2.26. The zero-order chi connectivity index (χ0) is 13.8. The van der Waals surface area contributed by atoms with Gasteiger partial charge in [0.1, 0.15) is 11.6 Å². The minimum absolute atomic E-state index is 0.00346. The van der Waals surface area contributed by atoms with Crippen LogP contribution in [-0.4, -0.2) is 35.2 Å². The molecular formula is C12H15F2NO2S. The molecule has 2 N–H and O–H groups in total. The van der Waals surface area contributed by atoms with E-state index in [4.69, 9.17) is 0 Å². The van der Waals surface area contributed by atoms with E-state index in [0.717, 1.165) is 12.1 Å². The number of thioether (sulfide) groups is 1. The number of nitrogens with one attached hydrogen (secondary N) is 1. The number of amides is 1. The minimum atomic E-state index is -1.06. The summed E-state index contributed by atoms with van der Waals surface area (Å²) in [6.07, 6.45) is 1.83. The summed E-state index contributed by atoms with van der Waals surface area (Å²) in [6.45, 7) is 1.58. The van der Waals surface area contributed by atoms with Crippen molar-refractivity contribution < 1.29 is 18.7 Å². The average molecular weight is 275 g/mol. The summed E-state index contributed by atoms with van der Waals surface area (Å²) in [5, 5.41) is 12.3. The largest absolute Gasteiger partial charge is 0.387 e. The van der Waals surface area contributed by atoms with Gasteiger partial charge in [-0.3, -0.25) is 4.79 Å². The first-order valence-corrected chi connectivity index (χ1v) is 6.70. The van der Waals surface area contributed by atoms with Crippen LogP contribution < -0.4 is 5.32 Å². The fraction of sp³-hybridized carbons (Fsp3) is 0.417. The van der Waals surface area contributed by atoms with E-state index in [1.807, 2.05) is 6.26 Å². The predicted molar refractivity (Wildman–Crippen MR) is 67.7 cm³/mol. The smallest absolute Gasteiger partial charge is 0.254 e. The molecule has 0 saturated carbocycles. The first-order chi connectivity index (χ1) is 8.35. The van der Waals surface area contributed by atoms with Gasteiger partial charge in [-0.2, -0.15) is 11.8 Å². The summed E-state index contributed by atoms with van der Waals surface area (Å²) < 4.78 is 26.0. The number of halogens is 2. The normalized spacial score (nSPS) is 14.1. The van der Waals surface area contributed by atoms with Gasteiger partial charge in [0.25, 0.3) is 5.91 Å². The molecule has 0 aromatic heterocycles. The lowest BCUT2D eigenvalue weighted by Crippen LogP contribution is -2.42. The lowest BCUT2D eigenvalue weighted by Gasteiger charge is -2.22. The van der Waals surface area contributed by atoms with Crippen molar-refractivity contribution in [2.45, 2.75) is 12.5 Å².